The lowest BCUT2D eigenvalue weighted by molar-refractivity contribution is 0.0985. The quantitative estimate of drug-likeness (QED) is 0.502. The molecule has 0 radical (unpaired) electrons. The highest BCUT2D eigenvalue weighted by Crippen LogP contribution is 2.33. The molecule has 0 aliphatic carbocycles. The fraction of sp³-hybridized carbons (Fsp3) is 0.364. The van der Waals surface area contributed by atoms with Crippen molar-refractivity contribution in [1.82, 2.24) is 9.88 Å². The summed E-state index contributed by atoms with van der Waals surface area (Å²) in [5.74, 6) is -0.161. The molecule has 3 rings (SSSR count). The molecule has 31 heavy (non-hydrogen) atoms. The number of amides is 1. The predicted molar refractivity (Wildman–Crippen MR) is 131 cm³/mol. The second-order valence-corrected chi connectivity index (χ2v) is 10.8. The van der Waals surface area contributed by atoms with Crippen molar-refractivity contribution in [3.05, 3.63) is 53.1 Å². The summed E-state index contributed by atoms with van der Waals surface area (Å²) in [5, 5.41) is 0.652. The van der Waals surface area contributed by atoms with Gasteiger partial charge < -0.3 is 4.90 Å². The van der Waals surface area contributed by atoms with E-state index in [9.17, 15) is 13.2 Å². The van der Waals surface area contributed by atoms with Crippen LogP contribution in [0.1, 0.15) is 28.4 Å². The van der Waals surface area contributed by atoms with Gasteiger partial charge in [-0.3, -0.25) is 9.69 Å². The number of aromatic nitrogens is 1. The number of sulfone groups is 1. The second-order valence-electron chi connectivity index (χ2n) is 7.56. The standard InChI is InChI=1S/C22H27N3O3S2.ClH/c1-6-30(27,28)18-11-9-17(10-12-18)21(26)25(14-13-24(4)5)22-23-19-15(2)7-8-16(3)20(19)29-22;/h7-12H,6,13-14H2,1-5H3;1H. The zero-order chi connectivity index (χ0) is 22.1. The second kappa shape index (κ2) is 10.1. The van der Waals surface area contributed by atoms with E-state index in [1.807, 2.05) is 38.9 Å². The Kier molecular flexibility index (Phi) is 8.21. The van der Waals surface area contributed by atoms with Gasteiger partial charge in [0.05, 0.1) is 20.9 Å². The lowest BCUT2D eigenvalue weighted by Gasteiger charge is -2.22. The number of carbonyl (C=O) groups excluding carboxylic acids is 1. The smallest absolute Gasteiger partial charge is 0.260 e. The summed E-state index contributed by atoms with van der Waals surface area (Å²) in [7, 11) is 0.613. The SMILES string of the molecule is CCS(=O)(=O)c1ccc(C(=O)N(CCN(C)C)c2nc3c(C)ccc(C)c3s2)cc1.Cl. The predicted octanol–water partition coefficient (Wildman–Crippen LogP) is 4.34. The van der Waals surface area contributed by atoms with Gasteiger partial charge in [-0.1, -0.05) is 30.4 Å². The average Bonchev–Trinajstić information content (AvgIpc) is 3.17. The Bertz CT molecular complexity index is 1130. The van der Waals surface area contributed by atoms with Crippen molar-refractivity contribution in [1.29, 1.82) is 0 Å². The number of likely N-dealkylation sites (N-methyl/N-ethyl adjacent to an activating group) is 1. The third-order valence-electron chi connectivity index (χ3n) is 5.02. The molecular formula is C22H28ClN3O3S2. The first-order valence-corrected chi connectivity index (χ1v) is 12.3. The highest BCUT2D eigenvalue weighted by Gasteiger charge is 2.23. The molecule has 0 N–H and O–H groups in total. The number of nitrogens with zero attached hydrogens (tertiary/aromatic N) is 3. The van der Waals surface area contributed by atoms with E-state index in [0.717, 1.165) is 21.3 Å². The van der Waals surface area contributed by atoms with Crippen molar-refractivity contribution in [3.63, 3.8) is 0 Å². The van der Waals surface area contributed by atoms with Gasteiger partial charge in [0.1, 0.15) is 0 Å². The van der Waals surface area contributed by atoms with E-state index < -0.39 is 9.84 Å². The summed E-state index contributed by atoms with van der Waals surface area (Å²) >= 11 is 1.51. The molecule has 0 bridgehead atoms. The molecule has 0 aliphatic heterocycles. The Hall–Kier alpha value is -2.00. The first-order chi connectivity index (χ1) is 14.1. The van der Waals surface area contributed by atoms with Crippen molar-refractivity contribution in [2.24, 2.45) is 0 Å². The van der Waals surface area contributed by atoms with Crippen molar-refractivity contribution in [2.45, 2.75) is 25.7 Å². The van der Waals surface area contributed by atoms with Gasteiger partial charge >= 0.3 is 0 Å². The van der Waals surface area contributed by atoms with Gasteiger partial charge in [0.25, 0.3) is 5.91 Å². The Balaban J connectivity index is 0.00000341. The summed E-state index contributed by atoms with van der Waals surface area (Å²) in [6, 6.07) is 10.3. The van der Waals surface area contributed by atoms with Gasteiger partial charge in [0, 0.05) is 18.7 Å². The van der Waals surface area contributed by atoms with Crippen LogP contribution in [0, 0.1) is 13.8 Å². The molecule has 0 aliphatic rings. The third kappa shape index (κ3) is 5.44. The topological polar surface area (TPSA) is 70.6 Å². The Morgan fingerprint density at radius 3 is 2.16 bits per heavy atom. The number of hydrogen-bond donors (Lipinski definition) is 0. The largest absolute Gasteiger partial charge is 0.308 e. The molecule has 9 heteroatoms. The normalized spacial score (nSPS) is 11.5. The van der Waals surface area contributed by atoms with E-state index >= 15 is 0 Å². The van der Waals surface area contributed by atoms with Gasteiger partial charge in [-0.05, 0) is 63.3 Å². The Morgan fingerprint density at radius 2 is 1.61 bits per heavy atom. The monoisotopic (exact) mass is 481 g/mol. The molecule has 0 atom stereocenters. The van der Waals surface area contributed by atoms with Crippen LogP contribution in [-0.4, -0.2) is 57.1 Å². The number of fused-ring (bicyclic) bond motifs is 1. The highest BCUT2D eigenvalue weighted by molar-refractivity contribution is 7.91. The van der Waals surface area contributed by atoms with Crippen LogP contribution < -0.4 is 4.90 Å². The molecule has 0 unspecified atom stereocenters. The molecule has 2 aromatic carbocycles. The lowest BCUT2D eigenvalue weighted by atomic mass is 10.1. The first kappa shape index (κ1) is 25.3. The van der Waals surface area contributed by atoms with E-state index in [2.05, 4.69) is 6.07 Å². The number of aryl methyl sites for hydroxylation is 2. The van der Waals surface area contributed by atoms with Gasteiger partial charge in [0.15, 0.2) is 15.0 Å². The highest BCUT2D eigenvalue weighted by atomic mass is 35.5. The average molecular weight is 482 g/mol. The molecular weight excluding hydrogens is 454 g/mol. The van der Waals surface area contributed by atoms with Crippen LogP contribution in [0.25, 0.3) is 10.2 Å². The van der Waals surface area contributed by atoms with Crippen LogP contribution in [0.5, 0.6) is 0 Å². The summed E-state index contributed by atoms with van der Waals surface area (Å²) in [6.07, 6.45) is 0. The molecule has 1 aromatic heterocycles. The molecule has 1 heterocycles. The van der Waals surface area contributed by atoms with Crippen molar-refractivity contribution in [3.8, 4) is 0 Å². The number of anilines is 1. The van der Waals surface area contributed by atoms with Crippen molar-refractivity contribution < 1.29 is 13.2 Å². The van der Waals surface area contributed by atoms with Crippen molar-refractivity contribution >= 4 is 54.8 Å². The van der Waals surface area contributed by atoms with E-state index in [-0.39, 0.29) is 29.0 Å². The van der Waals surface area contributed by atoms with Crippen LogP contribution >= 0.6 is 23.7 Å². The van der Waals surface area contributed by atoms with Gasteiger partial charge in [-0.15, -0.1) is 12.4 Å². The molecule has 0 fully saturated rings. The zero-order valence-corrected chi connectivity index (χ0v) is 20.8. The molecule has 0 saturated heterocycles. The molecule has 0 spiro atoms. The first-order valence-electron chi connectivity index (χ1n) is 9.80. The lowest BCUT2D eigenvalue weighted by Crippen LogP contribution is -2.36. The zero-order valence-electron chi connectivity index (χ0n) is 18.4. The van der Waals surface area contributed by atoms with Crippen LogP contribution in [0.2, 0.25) is 0 Å². The summed E-state index contributed by atoms with van der Waals surface area (Å²) in [4.78, 5) is 22.1. The number of carbonyl (C=O) groups is 1. The number of thiazole rings is 1. The maximum atomic E-state index is 13.4. The number of rotatable bonds is 7. The van der Waals surface area contributed by atoms with Crippen LogP contribution in [0.3, 0.4) is 0 Å². The van der Waals surface area contributed by atoms with Crippen LogP contribution in [-0.2, 0) is 9.84 Å². The minimum atomic E-state index is -3.30. The number of hydrogen-bond acceptors (Lipinski definition) is 6. The minimum Gasteiger partial charge on any atom is -0.308 e. The molecule has 0 saturated carbocycles. The van der Waals surface area contributed by atoms with Crippen LogP contribution in [0.15, 0.2) is 41.3 Å². The summed E-state index contributed by atoms with van der Waals surface area (Å²) in [5.41, 5.74) is 3.57. The van der Waals surface area contributed by atoms with Gasteiger partial charge in [-0.2, -0.15) is 0 Å². The summed E-state index contributed by atoms with van der Waals surface area (Å²) < 4.78 is 25.2. The molecule has 168 valence electrons. The third-order valence-corrected chi connectivity index (χ3v) is 7.98. The maximum absolute atomic E-state index is 13.4. The van der Waals surface area contributed by atoms with E-state index in [0.29, 0.717) is 23.8 Å². The van der Waals surface area contributed by atoms with E-state index in [4.69, 9.17) is 4.98 Å². The van der Waals surface area contributed by atoms with Crippen LogP contribution in [0.4, 0.5) is 5.13 Å². The number of halogens is 1. The van der Waals surface area contributed by atoms with Gasteiger partial charge in [0.2, 0.25) is 0 Å². The van der Waals surface area contributed by atoms with E-state index in [1.165, 1.54) is 23.5 Å². The fourth-order valence-electron chi connectivity index (χ4n) is 3.07. The van der Waals surface area contributed by atoms with Gasteiger partial charge in [-0.25, -0.2) is 13.4 Å². The molecule has 3 aromatic rings. The molecule has 6 nitrogen and oxygen atoms in total. The molecule has 1 amide bonds. The maximum Gasteiger partial charge on any atom is 0.260 e. The van der Waals surface area contributed by atoms with Crippen molar-refractivity contribution in [2.75, 3.05) is 37.8 Å². The van der Waals surface area contributed by atoms with E-state index in [1.54, 1.807) is 24.0 Å². The number of benzene rings is 2. The Morgan fingerprint density at radius 1 is 1.00 bits per heavy atom. The Labute approximate surface area is 194 Å². The fourth-order valence-corrected chi connectivity index (χ4v) is 5.10. The minimum absolute atomic E-state index is 0. The summed E-state index contributed by atoms with van der Waals surface area (Å²) in [6.45, 7) is 6.84.